The molecule has 3 nitrogen and oxygen atoms in total. The standard InChI is InChI=1S/C14H11NO2S2/c15-9-18-19-14(10-1-5-12(16)6-2-10)11-3-7-13(17)8-4-11/h1-8,14,16-17H. The van der Waals surface area contributed by atoms with Crippen LogP contribution in [0.5, 0.6) is 11.5 Å². The molecule has 0 fully saturated rings. The van der Waals surface area contributed by atoms with Gasteiger partial charge >= 0.3 is 0 Å². The molecule has 19 heavy (non-hydrogen) atoms. The Morgan fingerprint density at radius 3 is 1.63 bits per heavy atom. The van der Waals surface area contributed by atoms with Gasteiger partial charge in [-0.3, -0.25) is 0 Å². The quantitative estimate of drug-likeness (QED) is 0.656. The molecular formula is C14H11NO2S2. The molecule has 0 unspecified atom stereocenters. The number of aromatic hydroxyl groups is 2. The van der Waals surface area contributed by atoms with Crippen LogP contribution in [0.4, 0.5) is 0 Å². The van der Waals surface area contributed by atoms with E-state index in [9.17, 15) is 10.2 Å². The first kappa shape index (κ1) is 13.7. The first-order valence-electron chi connectivity index (χ1n) is 5.50. The zero-order valence-corrected chi connectivity index (χ0v) is 11.5. The van der Waals surface area contributed by atoms with Crippen LogP contribution in [0.1, 0.15) is 16.4 Å². The molecule has 2 rings (SSSR count). The number of thiocyanates is 1. The van der Waals surface area contributed by atoms with Crippen LogP contribution in [0.25, 0.3) is 0 Å². The van der Waals surface area contributed by atoms with Crippen LogP contribution in [0.2, 0.25) is 0 Å². The van der Waals surface area contributed by atoms with E-state index in [-0.39, 0.29) is 16.7 Å². The smallest absolute Gasteiger partial charge is 0.145 e. The lowest BCUT2D eigenvalue weighted by Crippen LogP contribution is -1.94. The molecule has 5 heteroatoms. The van der Waals surface area contributed by atoms with Crippen LogP contribution in [-0.4, -0.2) is 10.2 Å². The molecule has 0 atom stereocenters. The number of hydrogen-bond donors (Lipinski definition) is 2. The zero-order valence-electron chi connectivity index (χ0n) is 9.85. The van der Waals surface area contributed by atoms with E-state index in [2.05, 4.69) is 0 Å². The lowest BCUT2D eigenvalue weighted by Gasteiger charge is -2.15. The third kappa shape index (κ3) is 3.60. The average molecular weight is 289 g/mol. The normalized spacial score (nSPS) is 10.3. The second-order valence-corrected chi connectivity index (χ2v) is 5.92. The molecule has 2 aromatic rings. The number of nitrogens with zero attached hydrogens (tertiary/aromatic N) is 1. The molecule has 0 saturated heterocycles. The highest BCUT2D eigenvalue weighted by molar-refractivity contribution is 8.78. The number of phenolic OH excluding ortho intramolecular Hbond substituents is 2. The van der Waals surface area contributed by atoms with Gasteiger partial charge in [-0.15, -0.1) is 0 Å². The lowest BCUT2D eigenvalue weighted by atomic mass is 10.0. The molecule has 0 aromatic heterocycles. The minimum absolute atomic E-state index is 0.0224. The number of benzene rings is 2. The molecule has 2 N–H and O–H groups in total. The summed E-state index contributed by atoms with van der Waals surface area (Å²) in [5.74, 6) is 0.428. The summed E-state index contributed by atoms with van der Waals surface area (Å²) < 4.78 is 0. The van der Waals surface area contributed by atoms with Gasteiger partial charge in [0.05, 0.1) is 5.25 Å². The van der Waals surface area contributed by atoms with Crippen molar-refractivity contribution in [2.24, 2.45) is 0 Å². The monoisotopic (exact) mass is 289 g/mol. The molecule has 0 aliphatic heterocycles. The maximum atomic E-state index is 9.32. The van der Waals surface area contributed by atoms with Crippen molar-refractivity contribution in [2.45, 2.75) is 5.25 Å². The van der Waals surface area contributed by atoms with Gasteiger partial charge in [-0.25, -0.2) is 0 Å². The van der Waals surface area contributed by atoms with E-state index in [0.717, 1.165) is 21.9 Å². The molecule has 0 bridgehead atoms. The second-order valence-electron chi connectivity index (χ2n) is 3.83. The Morgan fingerprint density at radius 2 is 1.26 bits per heavy atom. The van der Waals surface area contributed by atoms with Crippen molar-refractivity contribution in [1.82, 2.24) is 0 Å². The molecule has 96 valence electrons. The highest BCUT2D eigenvalue weighted by Crippen LogP contribution is 2.42. The topological polar surface area (TPSA) is 64.2 Å². The highest BCUT2D eigenvalue weighted by atomic mass is 33.1. The van der Waals surface area contributed by atoms with Gasteiger partial charge < -0.3 is 10.2 Å². The highest BCUT2D eigenvalue weighted by Gasteiger charge is 2.15. The van der Waals surface area contributed by atoms with Crippen molar-refractivity contribution in [3.05, 3.63) is 59.7 Å². The van der Waals surface area contributed by atoms with Gasteiger partial charge in [0.25, 0.3) is 0 Å². The Bertz CT molecular complexity index is 530. The summed E-state index contributed by atoms with van der Waals surface area (Å²) in [7, 11) is 2.54. The van der Waals surface area contributed by atoms with Crippen LogP contribution >= 0.6 is 21.6 Å². The summed E-state index contributed by atoms with van der Waals surface area (Å²) >= 11 is 0. The van der Waals surface area contributed by atoms with Crippen molar-refractivity contribution in [3.63, 3.8) is 0 Å². The number of hydrogen-bond acceptors (Lipinski definition) is 5. The maximum absolute atomic E-state index is 9.32. The Morgan fingerprint density at radius 1 is 0.842 bits per heavy atom. The van der Waals surface area contributed by atoms with Gasteiger partial charge in [-0.2, -0.15) is 5.26 Å². The number of phenols is 2. The summed E-state index contributed by atoms with van der Waals surface area (Å²) in [5.41, 5.74) is 1.99. The first-order chi connectivity index (χ1) is 9.20. The second kappa shape index (κ2) is 6.41. The predicted molar refractivity (Wildman–Crippen MR) is 78.9 cm³/mol. The zero-order chi connectivity index (χ0) is 13.7. The van der Waals surface area contributed by atoms with E-state index in [1.54, 1.807) is 24.3 Å². The van der Waals surface area contributed by atoms with Crippen molar-refractivity contribution < 1.29 is 10.2 Å². The Hall–Kier alpha value is -1.77. The van der Waals surface area contributed by atoms with E-state index in [1.165, 1.54) is 10.8 Å². The minimum Gasteiger partial charge on any atom is -0.508 e. The lowest BCUT2D eigenvalue weighted by molar-refractivity contribution is 0.475. The van der Waals surface area contributed by atoms with Crippen molar-refractivity contribution in [1.29, 1.82) is 5.26 Å². The fourth-order valence-electron chi connectivity index (χ4n) is 1.67. The summed E-state index contributed by atoms with van der Waals surface area (Å²) in [6.07, 6.45) is 0. The first-order valence-corrected chi connectivity index (χ1v) is 7.71. The van der Waals surface area contributed by atoms with Crippen molar-refractivity contribution in [2.75, 3.05) is 0 Å². The van der Waals surface area contributed by atoms with Gasteiger partial charge in [0.2, 0.25) is 0 Å². The van der Waals surface area contributed by atoms with Crippen LogP contribution in [0.3, 0.4) is 0 Å². The van der Waals surface area contributed by atoms with Gasteiger partial charge in [0.1, 0.15) is 16.9 Å². The van der Waals surface area contributed by atoms with Gasteiger partial charge in [0, 0.05) is 10.8 Å². The Balaban J connectivity index is 2.32. The SMILES string of the molecule is N#CSSC(c1ccc(O)cc1)c1ccc(O)cc1. The summed E-state index contributed by atoms with van der Waals surface area (Å²) in [5, 5.41) is 29.4. The van der Waals surface area contributed by atoms with Crippen LogP contribution in [0, 0.1) is 10.7 Å². The molecule has 0 aliphatic rings. The fourth-order valence-corrected chi connectivity index (χ4v) is 3.43. The van der Waals surface area contributed by atoms with Crippen molar-refractivity contribution in [3.8, 4) is 16.9 Å². The average Bonchev–Trinajstić information content (AvgIpc) is 2.43. The fraction of sp³-hybridized carbons (Fsp3) is 0.0714. The van der Waals surface area contributed by atoms with Gasteiger partial charge in [-0.1, -0.05) is 35.1 Å². The van der Waals surface area contributed by atoms with E-state index in [4.69, 9.17) is 5.26 Å². The Kier molecular flexibility index (Phi) is 4.61. The predicted octanol–water partition coefficient (Wildman–Crippen LogP) is 4.05. The van der Waals surface area contributed by atoms with Crippen LogP contribution < -0.4 is 0 Å². The third-order valence-electron chi connectivity index (χ3n) is 2.57. The van der Waals surface area contributed by atoms with Crippen LogP contribution in [-0.2, 0) is 0 Å². The molecular weight excluding hydrogens is 278 g/mol. The molecule has 0 heterocycles. The summed E-state index contributed by atoms with van der Waals surface area (Å²) in [6, 6.07) is 13.8. The molecule has 0 aliphatic carbocycles. The third-order valence-corrected chi connectivity index (χ3v) is 4.57. The summed E-state index contributed by atoms with van der Waals surface area (Å²) in [6.45, 7) is 0. The number of rotatable bonds is 4. The molecule has 0 amide bonds. The van der Waals surface area contributed by atoms with Crippen molar-refractivity contribution >= 4 is 21.6 Å². The molecule has 2 aromatic carbocycles. The van der Waals surface area contributed by atoms with Crippen LogP contribution in [0.15, 0.2) is 48.5 Å². The van der Waals surface area contributed by atoms with E-state index in [0.29, 0.717) is 0 Å². The summed E-state index contributed by atoms with van der Waals surface area (Å²) in [4.78, 5) is 0. The van der Waals surface area contributed by atoms with Gasteiger partial charge in [0.15, 0.2) is 0 Å². The van der Waals surface area contributed by atoms with E-state index in [1.807, 2.05) is 29.7 Å². The molecule has 0 spiro atoms. The Labute approximate surface area is 119 Å². The maximum Gasteiger partial charge on any atom is 0.145 e. The largest absolute Gasteiger partial charge is 0.508 e. The molecule has 0 saturated carbocycles. The molecule has 0 radical (unpaired) electrons. The minimum atomic E-state index is -0.0224. The van der Waals surface area contributed by atoms with Gasteiger partial charge in [-0.05, 0) is 35.4 Å². The van der Waals surface area contributed by atoms with E-state index >= 15 is 0 Å². The number of nitriles is 1. The van der Waals surface area contributed by atoms with E-state index < -0.39 is 0 Å².